The van der Waals surface area contributed by atoms with E-state index in [4.69, 9.17) is 4.74 Å². The molecule has 0 unspecified atom stereocenters. The summed E-state index contributed by atoms with van der Waals surface area (Å²) in [5.74, 6) is -1.41. The minimum atomic E-state index is -1.11. The molecule has 2 aromatic rings. The molecule has 1 atom stereocenters. The maximum atomic E-state index is 12.6. The lowest BCUT2D eigenvalue weighted by Crippen LogP contribution is -2.25. The number of ketones is 1. The SMILES string of the molecule is CCCC(=O)Nc1ccc(C(=O)[C@@H](C)OC(=O)c2cc([N+](=O)[O-])ccc2NC)cc1. The molecule has 9 heteroatoms. The Kier molecular flexibility index (Phi) is 7.62. The fraction of sp³-hybridized carbons (Fsp3) is 0.286. The number of amides is 1. The number of nitro groups is 1. The smallest absolute Gasteiger partial charge is 0.341 e. The van der Waals surface area contributed by atoms with Crippen LogP contribution in [-0.2, 0) is 9.53 Å². The van der Waals surface area contributed by atoms with Crippen molar-refractivity contribution in [1.82, 2.24) is 0 Å². The first kappa shape index (κ1) is 22.5. The molecular formula is C21H23N3O6. The quantitative estimate of drug-likeness (QED) is 0.277. The van der Waals surface area contributed by atoms with E-state index in [0.717, 1.165) is 12.5 Å². The van der Waals surface area contributed by atoms with Crippen molar-refractivity contribution in [2.24, 2.45) is 0 Å². The van der Waals surface area contributed by atoms with E-state index in [1.165, 1.54) is 31.2 Å². The Morgan fingerprint density at radius 1 is 1.13 bits per heavy atom. The number of carbonyl (C=O) groups is 3. The van der Waals surface area contributed by atoms with Crippen LogP contribution in [0.3, 0.4) is 0 Å². The lowest BCUT2D eigenvalue weighted by Gasteiger charge is -2.14. The van der Waals surface area contributed by atoms with Crippen LogP contribution < -0.4 is 10.6 Å². The summed E-state index contributed by atoms with van der Waals surface area (Å²) in [6.45, 7) is 3.32. The van der Waals surface area contributed by atoms with Crippen LogP contribution in [0.4, 0.5) is 17.1 Å². The van der Waals surface area contributed by atoms with Crippen molar-refractivity contribution in [2.45, 2.75) is 32.8 Å². The van der Waals surface area contributed by atoms with Crippen LogP contribution in [0.5, 0.6) is 0 Å². The molecule has 2 N–H and O–H groups in total. The molecule has 9 nitrogen and oxygen atoms in total. The second kappa shape index (κ2) is 10.1. The predicted molar refractivity (Wildman–Crippen MR) is 112 cm³/mol. The van der Waals surface area contributed by atoms with Crippen molar-refractivity contribution in [1.29, 1.82) is 0 Å². The van der Waals surface area contributed by atoms with Gasteiger partial charge in [-0.1, -0.05) is 6.92 Å². The van der Waals surface area contributed by atoms with E-state index in [-0.39, 0.29) is 17.2 Å². The van der Waals surface area contributed by atoms with Crippen LogP contribution in [0.1, 0.15) is 47.4 Å². The monoisotopic (exact) mass is 413 g/mol. The number of hydrogen-bond donors (Lipinski definition) is 2. The third-order valence-corrected chi connectivity index (χ3v) is 4.29. The average molecular weight is 413 g/mol. The summed E-state index contributed by atoms with van der Waals surface area (Å²) in [7, 11) is 1.56. The van der Waals surface area contributed by atoms with Crippen LogP contribution in [0, 0.1) is 10.1 Å². The van der Waals surface area contributed by atoms with E-state index in [2.05, 4.69) is 10.6 Å². The van der Waals surface area contributed by atoms with Gasteiger partial charge in [-0.05, 0) is 43.7 Å². The third-order valence-electron chi connectivity index (χ3n) is 4.29. The number of carbonyl (C=O) groups excluding carboxylic acids is 3. The molecule has 0 saturated carbocycles. The number of nitro benzene ring substituents is 1. The number of Topliss-reactive ketones (excluding diaryl/α,β-unsaturated/α-hetero) is 1. The third kappa shape index (κ3) is 5.63. The molecule has 0 bridgehead atoms. The van der Waals surface area contributed by atoms with Crippen molar-refractivity contribution >= 4 is 34.7 Å². The normalized spacial score (nSPS) is 11.3. The molecule has 0 aliphatic rings. The number of anilines is 2. The molecule has 158 valence electrons. The van der Waals surface area contributed by atoms with Gasteiger partial charge in [0.1, 0.15) is 0 Å². The highest BCUT2D eigenvalue weighted by Gasteiger charge is 2.23. The van der Waals surface area contributed by atoms with Gasteiger partial charge < -0.3 is 15.4 Å². The van der Waals surface area contributed by atoms with E-state index < -0.39 is 22.8 Å². The number of nitrogens with one attached hydrogen (secondary N) is 2. The van der Waals surface area contributed by atoms with Crippen LogP contribution in [0.15, 0.2) is 42.5 Å². The second-order valence-electron chi connectivity index (χ2n) is 6.52. The lowest BCUT2D eigenvalue weighted by molar-refractivity contribution is -0.384. The molecule has 0 fully saturated rings. The zero-order valence-electron chi connectivity index (χ0n) is 16.9. The fourth-order valence-corrected chi connectivity index (χ4v) is 2.71. The summed E-state index contributed by atoms with van der Waals surface area (Å²) in [5, 5.41) is 16.5. The van der Waals surface area contributed by atoms with E-state index in [0.29, 0.717) is 23.4 Å². The van der Waals surface area contributed by atoms with Crippen LogP contribution in [0.25, 0.3) is 0 Å². The molecule has 1 amide bonds. The largest absolute Gasteiger partial charge is 0.451 e. The Bertz CT molecular complexity index is 956. The Morgan fingerprint density at radius 3 is 2.37 bits per heavy atom. The molecule has 0 saturated heterocycles. The highest BCUT2D eigenvalue weighted by atomic mass is 16.6. The molecule has 0 aromatic heterocycles. The summed E-state index contributed by atoms with van der Waals surface area (Å²) >= 11 is 0. The second-order valence-corrected chi connectivity index (χ2v) is 6.52. The van der Waals surface area contributed by atoms with E-state index in [9.17, 15) is 24.5 Å². The minimum absolute atomic E-state index is 0.0414. The Labute approximate surface area is 173 Å². The number of ether oxygens (including phenoxy) is 1. The van der Waals surface area contributed by atoms with Gasteiger partial charge in [-0.15, -0.1) is 0 Å². The van der Waals surface area contributed by atoms with Gasteiger partial charge in [-0.3, -0.25) is 19.7 Å². The zero-order chi connectivity index (χ0) is 22.3. The van der Waals surface area contributed by atoms with Gasteiger partial charge in [0, 0.05) is 42.5 Å². The van der Waals surface area contributed by atoms with Gasteiger partial charge in [-0.25, -0.2) is 4.79 Å². The van der Waals surface area contributed by atoms with E-state index >= 15 is 0 Å². The summed E-state index contributed by atoms with van der Waals surface area (Å²) in [6, 6.07) is 10.00. The standard InChI is InChI=1S/C21H23N3O6/c1-4-5-19(25)23-15-8-6-14(7-9-15)20(26)13(2)30-21(27)17-12-16(24(28)29)10-11-18(17)22-3/h6-13,22H,4-5H2,1-3H3,(H,23,25)/t13-/m1/s1. The van der Waals surface area contributed by atoms with Gasteiger partial charge in [0.25, 0.3) is 5.69 Å². The highest BCUT2D eigenvalue weighted by molar-refractivity contribution is 6.03. The average Bonchev–Trinajstić information content (AvgIpc) is 2.73. The first-order chi connectivity index (χ1) is 14.3. The number of rotatable bonds is 9. The molecule has 2 aromatic carbocycles. The van der Waals surface area contributed by atoms with Crippen molar-refractivity contribution in [3.05, 3.63) is 63.7 Å². The molecule has 0 spiro atoms. The van der Waals surface area contributed by atoms with Gasteiger partial charge in [0.2, 0.25) is 11.7 Å². The summed E-state index contributed by atoms with van der Waals surface area (Å²) < 4.78 is 5.24. The Hall–Kier alpha value is -3.75. The van der Waals surface area contributed by atoms with E-state index in [1.54, 1.807) is 19.2 Å². The molecule has 0 aliphatic heterocycles. The number of non-ortho nitro benzene ring substituents is 1. The van der Waals surface area contributed by atoms with Gasteiger partial charge in [0.05, 0.1) is 10.5 Å². The summed E-state index contributed by atoms with van der Waals surface area (Å²) in [6.07, 6.45) is 0.0207. The Morgan fingerprint density at radius 2 is 1.80 bits per heavy atom. The molecule has 2 rings (SSSR count). The van der Waals surface area contributed by atoms with Crippen LogP contribution >= 0.6 is 0 Å². The maximum Gasteiger partial charge on any atom is 0.341 e. The van der Waals surface area contributed by atoms with Gasteiger partial charge in [-0.2, -0.15) is 0 Å². The first-order valence-corrected chi connectivity index (χ1v) is 9.38. The van der Waals surface area contributed by atoms with Crippen LogP contribution in [-0.4, -0.2) is 35.7 Å². The minimum Gasteiger partial charge on any atom is -0.451 e. The molecule has 0 radical (unpaired) electrons. The zero-order valence-corrected chi connectivity index (χ0v) is 16.9. The summed E-state index contributed by atoms with van der Waals surface area (Å²) in [5.41, 5.74) is 0.903. The van der Waals surface area contributed by atoms with Crippen molar-refractivity contribution in [3.63, 3.8) is 0 Å². The number of esters is 1. The fourth-order valence-electron chi connectivity index (χ4n) is 2.71. The number of hydrogen-bond acceptors (Lipinski definition) is 7. The molecule has 0 heterocycles. The van der Waals surface area contributed by atoms with Crippen molar-refractivity contribution in [3.8, 4) is 0 Å². The highest BCUT2D eigenvalue weighted by Crippen LogP contribution is 2.23. The molecule has 30 heavy (non-hydrogen) atoms. The molecular weight excluding hydrogens is 390 g/mol. The summed E-state index contributed by atoms with van der Waals surface area (Å²) in [4.78, 5) is 47.1. The number of benzene rings is 2. The predicted octanol–water partition coefficient (Wildman–Crippen LogP) is 3.80. The Balaban J connectivity index is 2.10. The first-order valence-electron chi connectivity index (χ1n) is 9.38. The van der Waals surface area contributed by atoms with Gasteiger partial charge in [0.15, 0.2) is 6.10 Å². The van der Waals surface area contributed by atoms with Gasteiger partial charge >= 0.3 is 5.97 Å². The topological polar surface area (TPSA) is 128 Å². The van der Waals surface area contributed by atoms with Crippen molar-refractivity contribution < 1.29 is 24.0 Å². The van der Waals surface area contributed by atoms with Crippen LogP contribution in [0.2, 0.25) is 0 Å². The maximum absolute atomic E-state index is 12.6. The lowest BCUT2D eigenvalue weighted by atomic mass is 10.1. The van der Waals surface area contributed by atoms with Crippen molar-refractivity contribution in [2.75, 3.05) is 17.7 Å². The molecule has 0 aliphatic carbocycles. The van der Waals surface area contributed by atoms with E-state index in [1.807, 2.05) is 6.92 Å². The number of nitrogens with zero attached hydrogens (tertiary/aromatic N) is 1.